The first-order valence-electron chi connectivity index (χ1n) is 7.94. The van der Waals surface area contributed by atoms with Crippen molar-refractivity contribution in [3.8, 4) is 0 Å². The van der Waals surface area contributed by atoms with Gasteiger partial charge in [-0.25, -0.2) is 9.69 Å². The number of hydrogen-bond acceptors (Lipinski definition) is 3. The third-order valence-corrected chi connectivity index (χ3v) is 5.79. The van der Waals surface area contributed by atoms with E-state index in [9.17, 15) is 9.59 Å². The third-order valence-electron chi connectivity index (χ3n) is 5.06. The lowest BCUT2D eigenvalue weighted by Gasteiger charge is -2.43. The van der Waals surface area contributed by atoms with Crippen molar-refractivity contribution in [3.05, 3.63) is 57.8 Å². The summed E-state index contributed by atoms with van der Waals surface area (Å²) >= 11 is 12.3. The molecular formula is C18H15Cl2N3O2. The molecule has 4 rings (SSSR count). The lowest BCUT2D eigenvalue weighted by Crippen LogP contribution is -2.56. The average molecular weight is 376 g/mol. The molecule has 1 saturated heterocycles. The molecule has 7 heteroatoms. The highest BCUT2D eigenvalue weighted by Gasteiger charge is 2.59. The van der Waals surface area contributed by atoms with Crippen molar-refractivity contribution in [1.29, 1.82) is 0 Å². The molecule has 2 aliphatic rings. The van der Waals surface area contributed by atoms with Crippen LogP contribution in [0.2, 0.25) is 10.0 Å². The topological polar surface area (TPSA) is 62.3 Å². The Balaban J connectivity index is 1.61. The van der Waals surface area contributed by atoms with Gasteiger partial charge in [-0.1, -0.05) is 41.4 Å². The number of imide groups is 1. The number of pyridine rings is 1. The molecular weight excluding hydrogens is 361 g/mol. The van der Waals surface area contributed by atoms with Gasteiger partial charge in [-0.05, 0) is 42.9 Å². The van der Waals surface area contributed by atoms with Crippen LogP contribution in [0, 0.1) is 6.92 Å². The fourth-order valence-corrected chi connectivity index (χ4v) is 4.08. The Hall–Kier alpha value is -2.11. The zero-order chi connectivity index (χ0) is 17.8. The predicted molar refractivity (Wildman–Crippen MR) is 96.2 cm³/mol. The molecule has 1 saturated carbocycles. The van der Waals surface area contributed by atoms with Crippen LogP contribution in [0.5, 0.6) is 0 Å². The number of carbonyl (C=O) groups is 2. The molecule has 2 heterocycles. The Kier molecular flexibility index (Phi) is 3.74. The quantitative estimate of drug-likeness (QED) is 0.804. The second-order valence-corrected chi connectivity index (χ2v) is 7.36. The molecule has 1 aromatic heterocycles. The maximum atomic E-state index is 13.0. The minimum Gasteiger partial charge on any atom is -0.323 e. The fraction of sp³-hybridized carbons (Fsp3) is 0.278. The molecule has 1 aliphatic heterocycles. The van der Waals surface area contributed by atoms with E-state index in [1.54, 1.807) is 6.92 Å². The predicted octanol–water partition coefficient (Wildman–Crippen LogP) is 4.07. The van der Waals surface area contributed by atoms with Crippen molar-refractivity contribution in [2.24, 2.45) is 0 Å². The number of nitrogens with zero attached hydrogens (tertiary/aromatic N) is 2. The van der Waals surface area contributed by atoms with Crippen molar-refractivity contribution in [2.75, 3.05) is 4.90 Å². The Morgan fingerprint density at radius 1 is 1.16 bits per heavy atom. The van der Waals surface area contributed by atoms with Gasteiger partial charge in [0.05, 0.1) is 16.9 Å². The number of benzene rings is 1. The van der Waals surface area contributed by atoms with Crippen LogP contribution in [0.25, 0.3) is 0 Å². The standard InChI is InChI=1S/C18H15Cl2N3O2/c1-10-14(20)8-21-9-15(10)23-16(24)18(22-17(23)25)6-11(7-18)12-4-2-3-5-13(12)19/h2-5,8-9,11H,6-7H2,1H3,(H,22,25). The number of amides is 3. The van der Waals surface area contributed by atoms with Crippen LogP contribution in [0.4, 0.5) is 10.5 Å². The van der Waals surface area contributed by atoms with Crippen LogP contribution in [0.15, 0.2) is 36.7 Å². The lowest BCUT2D eigenvalue weighted by molar-refractivity contribution is -0.125. The molecule has 128 valence electrons. The van der Waals surface area contributed by atoms with E-state index in [2.05, 4.69) is 10.3 Å². The van der Waals surface area contributed by atoms with Crippen LogP contribution in [-0.4, -0.2) is 22.5 Å². The summed E-state index contributed by atoms with van der Waals surface area (Å²) in [6.45, 7) is 1.76. The van der Waals surface area contributed by atoms with Crippen molar-refractivity contribution >= 4 is 40.8 Å². The average Bonchev–Trinajstić information content (AvgIpc) is 2.81. The fourth-order valence-electron chi connectivity index (χ4n) is 3.64. The van der Waals surface area contributed by atoms with Crippen LogP contribution >= 0.6 is 23.2 Å². The van der Waals surface area contributed by atoms with Gasteiger partial charge in [0.1, 0.15) is 5.54 Å². The van der Waals surface area contributed by atoms with E-state index in [-0.39, 0.29) is 11.8 Å². The summed E-state index contributed by atoms with van der Waals surface area (Å²) in [5.41, 5.74) is 1.22. The first kappa shape index (κ1) is 16.4. The summed E-state index contributed by atoms with van der Waals surface area (Å²) in [6.07, 6.45) is 4.04. The van der Waals surface area contributed by atoms with Gasteiger partial charge in [0.25, 0.3) is 5.91 Å². The van der Waals surface area contributed by atoms with E-state index < -0.39 is 11.6 Å². The zero-order valence-corrected chi connectivity index (χ0v) is 14.9. The van der Waals surface area contributed by atoms with Gasteiger partial charge in [-0.2, -0.15) is 0 Å². The second-order valence-electron chi connectivity index (χ2n) is 6.54. The Morgan fingerprint density at radius 2 is 1.88 bits per heavy atom. The summed E-state index contributed by atoms with van der Waals surface area (Å²) in [4.78, 5) is 30.6. The molecule has 0 unspecified atom stereocenters. The van der Waals surface area contributed by atoms with Crippen molar-refractivity contribution < 1.29 is 9.59 Å². The highest BCUT2D eigenvalue weighted by molar-refractivity contribution is 6.32. The molecule has 1 aliphatic carbocycles. The minimum atomic E-state index is -0.865. The van der Waals surface area contributed by atoms with Gasteiger partial charge in [0.15, 0.2) is 0 Å². The molecule has 1 aromatic carbocycles. The van der Waals surface area contributed by atoms with E-state index in [0.29, 0.717) is 34.1 Å². The van der Waals surface area contributed by atoms with Gasteiger partial charge < -0.3 is 5.32 Å². The maximum Gasteiger partial charge on any atom is 0.329 e. The second kappa shape index (κ2) is 5.71. The van der Waals surface area contributed by atoms with Crippen molar-refractivity contribution in [1.82, 2.24) is 10.3 Å². The number of hydrogen-bond donors (Lipinski definition) is 1. The number of carbonyl (C=O) groups excluding carboxylic acids is 2. The van der Waals surface area contributed by atoms with E-state index in [1.165, 1.54) is 12.4 Å². The maximum absolute atomic E-state index is 13.0. The molecule has 2 aromatic rings. The summed E-state index contributed by atoms with van der Waals surface area (Å²) in [7, 11) is 0. The number of anilines is 1. The molecule has 0 radical (unpaired) electrons. The van der Waals surface area contributed by atoms with Crippen LogP contribution in [0.3, 0.4) is 0 Å². The normalized spacial score (nSPS) is 25.2. The number of aromatic nitrogens is 1. The van der Waals surface area contributed by atoms with Crippen molar-refractivity contribution in [2.45, 2.75) is 31.2 Å². The summed E-state index contributed by atoms with van der Waals surface area (Å²) in [6, 6.07) is 7.16. The summed E-state index contributed by atoms with van der Waals surface area (Å²) < 4.78 is 0. The summed E-state index contributed by atoms with van der Waals surface area (Å²) in [5, 5.41) is 3.96. The van der Waals surface area contributed by atoms with E-state index in [4.69, 9.17) is 23.2 Å². The highest BCUT2D eigenvalue weighted by atomic mass is 35.5. The van der Waals surface area contributed by atoms with Crippen molar-refractivity contribution in [3.63, 3.8) is 0 Å². The minimum absolute atomic E-state index is 0.150. The van der Waals surface area contributed by atoms with Crippen LogP contribution < -0.4 is 10.2 Å². The van der Waals surface area contributed by atoms with E-state index >= 15 is 0 Å². The third kappa shape index (κ3) is 2.41. The largest absolute Gasteiger partial charge is 0.329 e. The van der Waals surface area contributed by atoms with Gasteiger partial charge in [-0.15, -0.1) is 0 Å². The Labute approximate surface area is 154 Å². The molecule has 25 heavy (non-hydrogen) atoms. The SMILES string of the molecule is Cc1c(Cl)cncc1N1C(=O)NC2(CC(c3ccccc3Cl)C2)C1=O. The summed E-state index contributed by atoms with van der Waals surface area (Å²) in [5.74, 6) is -0.107. The number of halogens is 2. The van der Waals surface area contributed by atoms with Gasteiger partial charge in [0, 0.05) is 11.2 Å². The van der Waals surface area contributed by atoms with Crippen LogP contribution in [-0.2, 0) is 4.79 Å². The monoisotopic (exact) mass is 375 g/mol. The van der Waals surface area contributed by atoms with Gasteiger partial charge in [-0.3, -0.25) is 9.78 Å². The molecule has 3 amide bonds. The smallest absolute Gasteiger partial charge is 0.323 e. The molecule has 0 atom stereocenters. The molecule has 0 bridgehead atoms. The molecule has 5 nitrogen and oxygen atoms in total. The molecule has 1 N–H and O–H groups in total. The zero-order valence-electron chi connectivity index (χ0n) is 13.4. The molecule has 1 spiro atoms. The number of nitrogens with one attached hydrogen (secondary N) is 1. The van der Waals surface area contributed by atoms with E-state index in [0.717, 1.165) is 10.5 Å². The Bertz CT molecular complexity index is 894. The van der Waals surface area contributed by atoms with Crippen LogP contribution in [0.1, 0.15) is 29.9 Å². The number of rotatable bonds is 2. The van der Waals surface area contributed by atoms with Gasteiger partial charge >= 0.3 is 6.03 Å². The highest BCUT2D eigenvalue weighted by Crippen LogP contribution is 2.50. The van der Waals surface area contributed by atoms with E-state index in [1.807, 2.05) is 24.3 Å². The Morgan fingerprint density at radius 3 is 2.60 bits per heavy atom. The molecule has 2 fully saturated rings. The lowest BCUT2D eigenvalue weighted by atomic mass is 9.65. The first-order chi connectivity index (χ1) is 11.9. The van der Waals surface area contributed by atoms with Gasteiger partial charge in [0.2, 0.25) is 0 Å². The first-order valence-corrected chi connectivity index (χ1v) is 8.70. The number of urea groups is 1.